The number of amides is 3. The number of anilines is 2. The first kappa shape index (κ1) is 25.2. The first-order valence-corrected chi connectivity index (χ1v) is 10.8. The van der Waals surface area contributed by atoms with Gasteiger partial charge in [-0.15, -0.1) is 0 Å². The SMILES string of the molecule is CC(=O)Nc1cc(Oc2ccc(NC(=O)[C@H](OC(=O)NC(C)(C)C)c3ccccc3)cc2)ncn1. The van der Waals surface area contributed by atoms with Crippen molar-refractivity contribution in [2.75, 3.05) is 10.6 Å². The van der Waals surface area contributed by atoms with Gasteiger partial charge in [0.25, 0.3) is 5.91 Å². The zero-order valence-corrected chi connectivity index (χ0v) is 19.9. The van der Waals surface area contributed by atoms with E-state index in [-0.39, 0.29) is 11.8 Å². The summed E-state index contributed by atoms with van der Waals surface area (Å²) >= 11 is 0. The second-order valence-corrected chi connectivity index (χ2v) is 8.61. The second-order valence-electron chi connectivity index (χ2n) is 8.61. The summed E-state index contributed by atoms with van der Waals surface area (Å²) < 4.78 is 11.1. The lowest BCUT2D eigenvalue weighted by Gasteiger charge is -2.23. The summed E-state index contributed by atoms with van der Waals surface area (Å²) in [6.45, 7) is 6.83. The van der Waals surface area contributed by atoms with Gasteiger partial charge >= 0.3 is 6.09 Å². The predicted molar refractivity (Wildman–Crippen MR) is 130 cm³/mol. The van der Waals surface area contributed by atoms with Crippen molar-refractivity contribution in [1.82, 2.24) is 15.3 Å². The Balaban J connectivity index is 1.69. The maximum Gasteiger partial charge on any atom is 0.408 e. The highest BCUT2D eigenvalue weighted by atomic mass is 16.6. The third kappa shape index (κ3) is 8.11. The second kappa shape index (κ2) is 11.1. The molecule has 3 amide bonds. The maximum absolute atomic E-state index is 13.0. The fourth-order valence-corrected chi connectivity index (χ4v) is 2.92. The molecule has 0 radical (unpaired) electrons. The summed E-state index contributed by atoms with van der Waals surface area (Å²) in [7, 11) is 0. The summed E-state index contributed by atoms with van der Waals surface area (Å²) in [5.74, 6) is 0.237. The summed E-state index contributed by atoms with van der Waals surface area (Å²) in [6.07, 6.45) is -0.578. The summed E-state index contributed by atoms with van der Waals surface area (Å²) in [5, 5.41) is 8.00. The highest BCUT2D eigenvalue weighted by Crippen LogP contribution is 2.24. The standard InChI is InChI=1S/C25H27N5O5/c1-16(31)28-20-14-21(27-15-26-20)34-19-12-10-18(11-13-19)29-23(32)22(17-8-6-5-7-9-17)35-24(33)30-25(2,3)4/h5-15,22H,1-4H3,(H,29,32)(H,30,33)(H,26,27,28,31)/t22-/m1/s1. The molecule has 0 aliphatic rings. The third-order valence-corrected chi connectivity index (χ3v) is 4.33. The average Bonchev–Trinajstić information content (AvgIpc) is 2.78. The Kier molecular flexibility index (Phi) is 7.98. The number of hydrogen-bond acceptors (Lipinski definition) is 7. The number of carbonyl (C=O) groups excluding carboxylic acids is 3. The summed E-state index contributed by atoms with van der Waals surface area (Å²) in [6, 6.07) is 16.8. The van der Waals surface area contributed by atoms with Crippen LogP contribution < -0.4 is 20.7 Å². The summed E-state index contributed by atoms with van der Waals surface area (Å²) in [5.41, 5.74) is 0.495. The highest BCUT2D eigenvalue weighted by molar-refractivity contribution is 5.96. The Bertz CT molecular complexity index is 1180. The topological polar surface area (TPSA) is 132 Å². The number of ether oxygens (including phenoxy) is 2. The largest absolute Gasteiger partial charge is 0.439 e. The lowest BCUT2D eigenvalue weighted by atomic mass is 10.1. The first-order chi connectivity index (χ1) is 16.6. The maximum atomic E-state index is 13.0. The number of benzene rings is 2. The van der Waals surface area contributed by atoms with E-state index in [1.165, 1.54) is 19.3 Å². The van der Waals surface area contributed by atoms with Gasteiger partial charge in [0.05, 0.1) is 0 Å². The molecule has 3 N–H and O–H groups in total. The molecule has 182 valence electrons. The minimum Gasteiger partial charge on any atom is -0.439 e. The van der Waals surface area contributed by atoms with Crippen LogP contribution in [0.5, 0.6) is 11.6 Å². The molecular formula is C25H27N5O5. The van der Waals surface area contributed by atoms with Crippen molar-refractivity contribution in [1.29, 1.82) is 0 Å². The number of hydrogen-bond donors (Lipinski definition) is 3. The van der Waals surface area contributed by atoms with Crippen LogP contribution in [0.15, 0.2) is 67.0 Å². The van der Waals surface area contributed by atoms with Gasteiger partial charge in [-0.1, -0.05) is 30.3 Å². The molecule has 35 heavy (non-hydrogen) atoms. The van der Waals surface area contributed by atoms with E-state index in [4.69, 9.17) is 9.47 Å². The minimum absolute atomic E-state index is 0.239. The molecule has 0 aliphatic heterocycles. The molecule has 0 bridgehead atoms. The quantitative estimate of drug-likeness (QED) is 0.459. The molecule has 1 atom stereocenters. The van der Waals surface area contributed by atoms with Crippen LogP contribution in [0, 0.1) is 0 Å². The minimum atomic E-state index is -1.15. The number of nitrogens with one attached hydrogen (secondary N) is 3. The van der Waals surface area contributed by atoms with Crippen LogP contribution in [-0.4, -0.2) is 33.4 Å². The van der Waals surface area contributed by atoms with Gasteiger partial charge in [-0.3, -0.25) is 9.59 Å². The molecule has 0 saturated heterocycles. The Morgan fingerprint density at radius 2 is 1.60 bits per heavy atom. The van der Waals surface area contributed by atoms with Gasteiger partial charge < -0.3 is 25.4 Å². The molecule has 2 aromatic carbocycles. The van der Waals surface area contributed by atoms with Crippen molar-refractivity contribution in [3.05, 3.63) is 72.6 Å². The Morgan fingerprint density at radius 3 is 2.23 bits per heavy atom. The molecule has 10 nitrogen and oxygen atoms in total. The van der Waals surface area contributed by atoms with Gasteiger partial charge in [0.1, 0.15) is 17.9 Å². The first-order valence-electron chi connectivity index (χ1n) is 10.8. The molecule has 1 heterocycles. The number of alkyl carbamates (subject to hydrolysis) is 1. The van der Waals surface area contributed by atoms with Crippen molar-refractivity contribution < 1.29 is 23.9 Å². The molecule has 0 unspecified atom stereocenters. The average molecular weight is 478 g/mol. The molecule has 1 aromatic heterocycles. The van der Waals surface area contributed by atoms with Crippen LogP contribution in [0.4, 0.5) is 16.3 Å². The van der Waals surface area contributed by atoms with Crippen LogP contribution in [0.25, 0.3) is 0 Å². The van der Waals surface area contributed by atoms with Crippen LogP contribution in [0.2, 0.25) is 0 Å². The van der Waals surface area contributed by atoms with Gasteiger partial charge in [-0.2, -0.15) is 0 Å². The predicted octanol–water partition coefficient (Wildman–Crippen LogP) is 4.43. The molecule has 3 rings (SSSR count). The molecule has 0 aliphatic carbocycles. The van der Waals surface area contributed by atoms with Crippen LogP contribution in [0.1, 0.15) is 39.4 Å². The van der Waals surface area contributed by atoms with E-state index in [1.54, 1.807) is 48.5 Å². The molecular weight excluding hydrogens is 450 g/mol. The van der Waals surface area contributed by atoms with E-state index in [0.29, 0.717) is 22.8 Å². The molecule has 0 spiro atoms. The van der Waals surface area contributed by atoms with Crippen molar-refractivity contribution in [3.8, 4) is 11.6 Å². The van der Waals surface area contributed by atoms with Gasteiger partial charge in [0, 0.05) is 29.8 Å². The Hall–Kier alpha value is -4.47. The van der Waals surface area contributed by atoms with Crippen molar-refractivity contribution in [2.45, 2.75) is 39.3 Å². The zero-order valence-electron chi connectivity index (χ0n) is 19.9. The smallest absolute Gasteiger partial charge is 0.408 e. The van der Waals surface area contributed by atoms with Gasteiger partial charge in [0.15, 0.2) is 0 Å². The normalized spacial score (nSPS) is 11.7. The van der Waals surface area contributed by atoms with Crippen molar-refractivity contribution >= 4 is 29.4 Å². The van der Waals surface area contributed by atoms with Crippen LogP contribution in [0.3, 0.4) is 0 Å². The lowest BCUT2D eigenvalue weighted by Crippen LogP contribution is -2.42. The lowest BCUT2D eigenvalue weighted by molar-refractivity contribution is -0.124. The van der Waals surface area contributed by atoms with Crippen molar-refractivity contribution in [3.63, 3.8) is 0 Å². The molecule has 10 heteroatoms. The fourth-order valence-electron chi connectivity index (χ4n) is 2.92. The Labute approximate surface area is 203 Å². The van der Waals surface area contributed by atoms with E-state index in [0.717, 1.165) is 0 Å². The van der Waals surface area contributed by atoms with Gasteiger partial charge in [-0.05, 0) is 45.0 Å². The fraction of sp³-hybridized carbons (Fsp3) is 0.240. The molecule has 3 aromatic rings. The number of aromatic nitrogens is 2. The monoisotopic (exact) mass is 477 g/mol. The van der Waals surface area contributed by atoms with E-state index < -0.39 is 23.6 Å². The molecule has 0 saturated carbocycles. The number of nitrogens with zero attached hydrogens (tertiary/aromatic N) is 2. The molecule has 0 fully saturated rings. The van der Waals surface area contributed by atoms with Gasteiger partial charge in [0.2, 0.25) is 17.9 Å². The van der Waals surface area contributed by atoms with Crippen LogP contribution >= 0.6 is 0 Å². The van der Waals surface area contributed by atoms with E-state index >= 15 is 0 Å². The van der Waals surface area contributed by atoms with E-state index in [1.807, 2.05) is 26.8 Å². The number of rotatable bonds is 7. The van der Waals surface area contributed by atoms with Crippen molar-refractivity contribution in [2.24, 2.45) is 0 Å². The zero-order chi connectivity index (χ0) is 25.4. The summed E-state index contributed by atoms with van der Waals surface area (Å²) in [4.78, 5) is 44.5. The van der Waals surface area contributed by atoms with E-state index in [9.17, 15) is 14.4 Å². The third-order valence-electron chi connectivity index (χ3n) is 4.33. The highest BCUT2D eigenvalue weighted by Gasteiger charge is 2.27. The number of carbonyl (C=O) groups is 3. The van der Waals surface area contributed by atoms with Crippen LogP contribution in [-0.2, 0) is 14.3 Å². The Morgan fingerprint density at radius 1 is 0.914 bits per heavy atom. The van der Waals surface area contributed by atoms with Gasteiger partial charge in [-0.25, -0.2) is 14.8 Å². The van der Waals surface area contributed by atoms with E-state index in [2.05, 4.69) is 25.9 Å².